The van der Waals surface area contributed by atoms with Crippen molar-refractivity contribution in [1.82, 2.24) is 10.5 Å². The van der Waals surface area contributed by atoms with E-state index >= 15 is 0 Å². The zero-order valence-electron chi connectivity index (χ0n) is 63.8. The van der Waals surface area contributed by atoms with Crippen molar-refractivity contribution in [3.8, 4) is 249 Å². The number of rotatable bonds is 17. The lowest BCUT2D eigenvalue weighted by Crippen LogP contribution is -2.64. The highest BCUT2D eigenvalue weighted by atomic mass is 17.9. The number of Topliss-reactive ketones (excluding diaryl/α,β-unsaturated/α-hetero) is 3. The van der Waals surface area contributed by atoms with Crippen LogP contribution in [0, 0.1) is 278 Å². The van der Waals surface area contributed by atoms with Gasteiger partial charge in [0.05, 0.1) is 36.8 Å². The lowest BCUT2D eigenvalue weighted by atomic mass is 9.82. The number of allylic oxidation sites excluding steroid dienone is 4. The van der Waals surface area contributed by atoms with Crippen molar-refractivity contribution in [2.75, 3.05) is 27.9 Å². The number of aliphatic hydroxyl groups is 2. The standard InChI is InChI=1S/C44H67NO12.C44H6.H3NO12.30H2/c1-10-13-31-19-25(2)18-26(3)20-37(54-8)40-38(55-9)22-28(5)44(52,57-40)41(49)42(50)45-17-12-11-14-32(45)43(51)56-39(29(6)34(47)24-35(31)48)27(4)21-30-15-16-33(46)36(23-30)53-7;1-3-5-7-9-11-13-15-17-19-21-23-25-27-29-31-33-35-37-39-41-43-44-42-40-38-36-34-32-30-28-26-24-22-20-18-16-14-12-10-8-6-4-2;2-6-10-12-8-4-1-5-9-13-11-7-3;;;;;;;;;;;;;;;;;;;;;;;;;;;;;;/h10,19,21,26,28-33,36-40,46,52H,1,11-18,20,22-24H2,2-9H3;1-2H3;1-3H;30*1H/b25-19+,27-21+;;;;;;;;;;;;;;;;;;;;;;;;;;;;;;;;/t26-,28+,29+,30-,31+,32-,33+,36+,37-,38-,39+,40+,44+;;;;;;;;;;;;;;;;;;;;;;;;;;;;;;;;/m0................................/s1. The Morgan fingerprint density at radius 1 is 0.570 bits per heavy atom. The van der Waals surface area contributed by atoms with Gasteiger partial charge in [0.25, 0.3) is 11.7 Å². The van der Waals surface area contributed by atoms with E-state index < -0.39 is 83.5 Å². The Balaban J connectivity index is -0.0000000516. The summed E-state index contributed by atoms with van der Waals surface area (Å²) in [6, 6.07) is -1.17. The molecule has 26 heteroatoms. The quantitative estimate of drug-likeness (QED) is 0.0132. The molecule has 4 aliphatic rings. The number of piperidine rings is 1. The molecule has 114 heavy (non-hydrogen) atoms. The molecule has 5 N–H and O–H groups in total. The van der Waals surface area contributed by atoms with E-state index in [9.17, 15) is 34.2 Å². The number of cyclic esters (lactones) is 1. The van der Waals surface area contributed by atoms with Gasteiger partial charge in [0.2, 0.25) is 5.79 Å². The van der Waals surface area contributed by atoms with Crippen LogP contribution in [0.5, 0.6) is 0 Å². The van der Waals surface area contributed by atoms with Crippen LogP contribution in [0.2, 0.25) is 0 Å². The van der Waals surface area contributed by atoms with Gasteiger partial charge in [-0.05, 0) is 250 Å². The van der Waals surface area contributed by atoms with Crippen molar-refractivity contribution in [3.63, 3.8) is 0 Å². The molecular formula is C88H136N2O24. The maximum Gasteiger partial charge on any atom is 0.329 e. The number of carbonyl (C=O) groups excluding carboxylic acids is 5. The predicted molar refractivity (Wildman–Crippen MR) is 469 cm³/mol. The lowest BCUT2D eigenvalue weighted by molar-refractivity contribution is -0.792. The van der Waals surface area contributed by atoms with Crippen LogP contribution in [-0.4, -0.2) is 131 Å². The van der Waals surface area contributed by atoms with Crippen molar-refractivity contribution in [1.29, 1.82) is 0 Å². The average molecular weight is 1610 g/mol. The number of methoxy groups -OCH3 is 3. The highest BCUT2D eigenvalue weighted by molar-refractivity contribution is 6.39. The summed E-state index contributed by atoms with van der Waals surface area (Å²) >= 11 is 0. The van der Waals surface area contributed by atoms with Crippen LogP contribution in [-0.2, 0) is 97.9 Å². The number of ether oxygens (including phenoxy) is 5. The van der Waals surface area contributed by atoms with E-state index in [1.807, 2.05) is 26.0 Å². The minimum Gasteiger partial charge on any atom is -0.456 e. The zero-order valence-corrected chi connectivity index (χ0v) is 63.8. The zero-order chi connectivity index (χ0) is 83.7. The first-order chi connectivity index (χ1) is 55.3. The number of ketones is 3. The van der Waals surface area contributed by atoms with Crippen LogP contribution in [0.25, 0.3) is 0 Å². The first-order valence-corrected chi connectivity index (χ1v) is 34.1. The van der Waals surface area contributed by atoms with Crippen LogP contribution < -0.4 is 5.64 Å². The number of nitrogens with zero attached hydrogens (tertiary/aromatic N) is 1. The number of hydrogen-bond acceptors (Lipinski definition) is 25. The maximum atomic E-state index is 14.3. The average Bonchev–Trinajstić information content (AvgIpc) is 0.763. The molecule has 1 saturated carbocycles. The fourth-order valence-corrected chi connectivity index (χ4v) is 10.7. The van der Waals surface area contributed by atoms with Crippen molar-refractivity contribution < 1.29 is 161 Å². The number of carbonyl (C=O) groups is 5. The smallest absolute Gasteiger partial charge is 0.329 e. The second-order valence-corrected chi connectivity index (χ2v) is 23.4. The van der Waals surface area contributed by atoms with Crippen LogP contribution in [0.4, 0.5) is 0 Å². The largest absolute Gasteiger partial charge is 0.456 e. The number of hydrogen-bond donors (Lipinski definition) is 5. The summed E-state index contributed by atoms with van der Waals surface area (Å²) in [7, 11) is 4.59. The number of fused-ring (bicyclic) bond motifs is 3. The highest BCUT2D eigenvalue weighted by Gasteiger charge is 2.57. The maximum absolute atomic E-state index is 14.3. The molecule has 0 unspecified atom stereocenters. The monoisotopic (exact) mass is 1600 g/mol. The molecule has 1 amide bonds. The molecule has 642 valence electrons. The molecule has 0 aromatic carbocycles. The summed E-state index contributed by atoms with van der Waals surface area (Å²) in [5, 5.41) is 63.3. The predicted octanol–water partition coefficient (Wildman–Crippen LogP) is 12.2. The molecule has 0 aromatic rings. The lowest BCUT2D eigenvalue weighted by Gasteiger charge is -2.47. The SMILES string of the molecule is C=CC[C@@H]1/C=C(\C)C[C@H](C)C[C@H](OC)[C@H]2O[C@@](O)(C(=O)C(=O)N3CCCC[C@H]3C(=O)O[C@H](/C(C)=C/[C@@H]3CC[C@@H](O)[C@H](OC)C3)[C@H](C)C(=O)CC1=O)[C@H](C)C[C@@H]2OC.CC#CC#CC#CC#CC#CC#CC#CC#CC#CC#CC#CC#CC#CC#CC#CC#CC#CC#CC#CC#CC#CC.OOOOOONOOOOOO.[HH].[HH].[HH].[HH].[HH].[HH].[HH].[HH].[HH].[HH].[HH].[HH].[HH].[HH].[HH].[HH].[HH].[HH].[HH].[HH].[HH].[HH].[HH].[HH].[HH].[HH].[HH].[HH].[HH].[HH]. The summed E-state index contributed by atoms with van der Waals surface area (Å²) in [6.45, 7) is 16.3. The van der Waals surface area contributed by atoms with E-state index in [0.717, 1.165) is 10.5 Å². The van der Waals surface area contributed by atoms with Crippen molar-refractivity contribution in [2.24, 2.45) is 29.6 Å². The molecule has 3 heterocycles. The fraction of sp³-hybridized carbons (Fsp3) is 0.398. The van der Waals surface area contributed by atoms with Gasteiger partial charge in [-0.25, -0.2) is 15.3 Å². The summed E-state index contributed by atoms with van der Waals surface area (Å²) in [5.74, 6) is 97.0. The van der Waals surface area contributed by atoms with Crippen LogP contribution in [0.1, 0.15) is 162 Å². The van der Waals surface area contributed by atoms with Gasteiger partial charge in [0.1, 0.15) is 29.8 Å². The first kappa shape index (κ1) is 97.2. The number of esters is 1. The third-order valence-corrected chi connectivity index (χ3v) is 15.7. The third-order valence-electron chi connectivity index (χ3n) is 15.7. The van der Waals surface area contributed by atoms with Gasteiger partial charge in [0.15, 0.2) is 0 Å². The highest BCUT2D eigenvalue weighted by Crippen LogP contribution is 2.39. The number of amides is 1. The molecule has 2 saturated heterocycles. The van der Waals surface area contributed by atoms with Crippen molar-refractivity contribution in [3.05, 3.63) is 36.0 Å². The van der Waals surface area contributed by atoms with Gasteiger partial charge in [-0.3, -0.25) is 19.2 Å². The van der Waals surface area contributed by atoms with Gasteiger partial charge in [-0.2, -0.15) is 0 Å². The molecule has 26 nitrogen and oxygen atoms in total. The molecule has 13 atom stereocenters. The van der Waals surface area contributed by atoms with Gasteiger partial charge in [-0.15, -0.1) is 6.58 Å². The molecular weight excluding hydrogens is 1470 g/mol. The molecule has 0 aromatic heterocycles. The molecule has 0 spiro atoms. The van der Waals surface area contributed by atoms with Gasteiger partial charge in [0, 0.05) is 225 Å². The molecule has 1 aliphatic carbocycles. The summed E-state index contributed by atoms with van der Waals surface area (Å²) in [6.07, 6.45) is 5.45. The van der Waals surface area contributed by atoms with E-state index in [1.54, 1.807) is 47.8 Å². The third kappa shape index (κ3) is 41.3. The minimum absolute atomic E-state index is 0. The van der Waals surface area contributed by atoms with E-state index in [2.05, 4.69) is 306 Å². The molecule has 2 bridgehead atoms. The van der Waals surface area contributed by atoms with E-state index in [4.69, 9.17) is 34.2 Å². The Kier molecular flexibility index (Phi) is 52.8. The normalized spacial score (nSPS) is 22.6. The summed E-state index contributed by atoms with van der Waals surface area (Å²) in [4.78, 5) is 79.0. The first-order valence-electron chi connectivity index (χ1n) is 34.1. The van der Waals surface area contributed by atoms with Gasteiger partial charge >= 0.3 is 5.97 Å². The molecule has 0 radical (unpaired) electrons. The summed E-state index contributed by atoms with van der Waals surface area (Å²) < 4.78 is 29.6. The van der Waals surface area contributed by atoms with E-state index in [0.29, 0.717) is 56.9 Å². The van der Waals surface area contributed by atoms with Crippen molar-refractivity contribution >= 4 is 29.2 Å². The molecule has 3 fully saturated rings. The second-order valence-electron chi connectivity index (χ2n) is 23.4. The second kappa shape index (κ2) is 61.9. The Labute approximate surface area is 709 Å². The minimum atomic E-state index is -2.52. The number of aliphatic hydroxyl groups excluding tert-OH is 1. The van der Waals surface area contributed by atoms with Crippen molar-refractivity contribution in [2.45, 2.75) is 168 Å². The number of nitrogens with one attached hydrogen (secondary N) is 1. The Hall–Kier alpha value is -12.8. The Morgan fingerprint density at radius 2 is 0.982 bits per heavy atom. The van der Waals surface area contributed by atoms with Crippen LogP contribution >= 0.6 is 0 Å². The molecule has 4 rings (SSSR count). The van der Waals surface area contributed by atoms with Gasteiger partial charge < -0.3 is 38.8 Å². The fourth-order valence-electron chi connectivity index (χ4n) is 10.7. The van der Waals surface area contributed by atoms with Crippen LogP contribution in [0.3, 0.4) is 0 Å². The van der Waals surface area contributed by atoms with Gasteiger partial charge in [-0.1, -0.05) is 66.4 Å². The van der Waals surface area contributed by atoms with Crippen LogP contribution in [0.15, 0.2) is 36.0 Å². The Morgan fingerprint density at radius 3 is 1.38 bits per heavy atom. The summed E-state index contributed by atoms with van der Waals surface area (Å²) in [5.41, 5.74) is 2.89. The van der Waals surface area contributed by atoms with E-state index in [-0.39, 0.29) is 92.3 Å². The topological polar surface area (TPSA) is 320 Å². The van der Waals surface area contributed by atoms with E-state index in [1.165, 1.54) is 19.9 Å². The molecule has 3 aliphatic heterocycles. The Bertz CT molecular complexity index is 4830.